The molecule has 0 spiro atoms. The minimum atomic E-state index is 0.500. The maximum absolute atomic E-state index is 4.55. The number of nitrogens with one attached hydrogen (secondary N) is 1. The molecule has 1 rings (SSSR count). The van der Waals surface area contributed by atoms with Crippen molar-refractivity contribution < 1.29 is 0 Å². The van der Waals surface area contributed by atoms with E-state index in [1.54, 1.807) is 0 Å². The molecule has 0 aromatic heterocycles. The highest BCUT2D eigenvalue weighted by Gasteiger charge is 2.27. The van der Waals surface area contributed by atoms with Gasteiger partial charge in [0.1, 0.15) is 0 Å². The molecule has 2 nitrogen and oxygen atoms in total. The fourth-order valence-electron chi connectivity index (χ4n) is 1.66. The van der Waals surface area contributed by atoms with Crippen molar-refractivity contribution in [1.82, 2.24) is 5.32 Å². The average molecular weight is 184 g/mol. The molecule has 0 bridgehead atoms. The minimum absolute atomic E-state index is 0.500. The van der Waals surface area contributed by atoms with E-state index in [-0.39, 0.29) is 0 Å². The predicted molar refractivity (Wildman–Crippen MR) is 60.3 cm³/mol. The Hall–Kier alpha value is -0.530. The van der Waals surface area contributed by atoms with Crippen LogP contribution in [0.5, 0.6) is 0 Å². The van der Waals surface area contributed by atoms with Gasteiger partial charge in [0.15, 0.2) is 0 Å². The summed E-state index contributed by atoms with van der Waals surface area (Å²) >= 11 is 0. The number of aliphatic imine (C=N–C) groups is 1. The highest BCUT2D eigenvalue weighted by Crippen LogP contribution is 2.17. The lowest BCUT2D eigenvalue weighted by atomic mass is 9.97. The van der Waals surface area contributed by atoms with Crippen LogP contribution in [0.3, 0.4) is 0 Å². The molecular formula is C11H24N2. The van der Waals surface area contributed by atoms with Crippen LogP contribution in [0.15, 0.2) is 4.99 Å². The van der Waals surface area contributed by atoms with E-state index in [0.29, 0.717) is 18.0 Å². The van der Waals surface area contributed by atoms with Crippen LogP contribution < -0.4 is 5.32 Å². The number of amidine groups is 1. The second-order valence-electron chi connectivity index (χ2n) is 3.61. The van der Waals surface area contributed by atoms with E-state index >= 15 is 0 Å². The van der Waals surface area contributed by atoms with Crippen LogP contribution in [-0.2, 0) is 0 Å². The Balaban J connectivity index is 0.000000671. The summed E-state index contributed by atoms with van der Waals surface area (Å²) in [6, 6.07) is 1.08. The zero-order chi connectivity index (χ0) is 10.4. The van der Waals surface area contributed by atoms with Gasteiger partial charge >= 0.3 is 0 Å². The van der Waals surface area contributed by atoms with Crippen molar-refractivity contribution in [1.29, 1.82) is 0 Å². The van der Waals surface area contributed by atoms with Crippen molar-refractivity contribution in [3.05, 3.63) is 0 Å². The lowest BCUT2D eigenvalue weighted by Crippen LogP contribution is -2.35. The molecule has 2 atom stereocenters. The zero-order valence-corrected chi connectivity index (χ0v) is 9.89. The monoisotopic (exact) mass is 184 g/mol. The number of hydrogen-bond acceptors (Lipinski definition) is 2. The van der Waals surface area contributed by atoms with Gasteiger partial charge in [0.2, 0.25) is 0 Å². The van der Waals surface area contributed by atoms with E-state index in [1.165, 1.54) is 6.42 Å². The van der Waals surface area contributed by atoms with Crippen LogP contribution in [0.4, 0.5) is 0 Å². The molecule has 0 aromatic carbocycles. The standard InChI is InChI=1S/C9H18N2.C2H6/c1-5-8-9(6(2)3)11-7(4)10-8;1-2/h6,8-9H,5H2,1-4H3,(H,10,11);1-2H3. The van der Waals surface area contributed by atoms with Crippen molar-refractivity contribution >= 4 is 5.84 Å². The van der Waals surface area contributed by atoms with Crippen molar-refractivity contribution in [3.63, 3.8) is 0 Å². The average Bonchev–Trinajstić information content (AvgIpc) is 2.50. The van der Waals surface area contributed by atoms with Gasteiger partial charge in [-0.05, 0) is 19.3 Å². The SMILES string of the molecule is CC.CCC1NC(C)=NC1C(C)C. The molecule has 0 radical (unpaired) electrons. The Morgan fingerprint density at radius 3 is 2.23 bits per heavy atom. The fraction of sp³-hybridized carbons (Fsp3) is 0.909. The van der Waals surface area contributed by atoms with Crippen LogP contribution in [-0.4, -0.2) is 17.9 Å². The molecule has 1 N–H and O–H groups in total. The third-order valence-electron chi connectivity index (χ3n) is 2.27. The lowest BCUT2D eigenvalue weighted by Gasteiger charge is -2.19. The normalized spacial score (nSPS) is 26.2. The summed E-state index contributed by atoms with van der Waals surface area (Å²) < 4.78 is 0. The van der Waals surface area contributed by atoms with Gasteiger partial charge in [-0.25, -0.2) is 0 Å². The van der Waals surface area contributed by atoms with E-state index in [1.807, 2.05) is 20.8 Å². The van der Waals surface area contributed by atoms with Crippen molar-refractivity contribution in [2.45, 2.75) is 60.0 Å². The quantitative estimate of drug-likeness (QED) is 0.701. The van der Waals surface area contributed by atoms with Gasteiger partial charge in [-0.15, -0.1) is 0 Å². The first kappa shape index (κ1) is 12.5. The van der Waals surface area contributed by atoms with Gasteiger partial charge in [0.05, 0.1) is 11.9 Å². The summed E-state index contributed by atoms with van der Waals surface area (Å²) in [6.07, 6.45) is 1.17. The van der Waals surface area contributed by atoms with Gasteiger partial charge in [0.25, 0.3) is 0 Å². The van der Waals surface area contributed by atoms with E-state index < -0.39 is 0 Å². The van der Waals surface area contributed by atoms with Crippen LogP contribution in [0.2, 0.25) is 0 Å². The largest absolute Gasteiger partial charge is 0.369 e. The fourth-order valence-corrected chi connectivity index (χ4v) is 1.66. The van der Waals surface area contributed by atoms with Gasteiger partial charge < -0.3 is 5.32 Å². The summed E-state index contributed by atoms with van der Waals surface area (Å²) in [5, 5.41) is 3.38. The molecule has 1 aliphatic rings. The summed E-state index contributed by atoms with van der Waals surface area (Å²) in [4.78, 5) is 4.55. The smallest absolute Gasteiger partial charge is 0.0939 e. The molecule has 2 unspecified atom stereocenters. The predicted octanol–water partition coefficient (Wildman–Crippen LogP) is 2.84. The zero-order valence-electron chi connectivity index (χ0n) is 9.89. The highest BCUT2D eigenvalue weighted by molar-refractivity contribution is 5.81. The number of nitrogens with zero attached hydrogens (tertiary/aromatic N) is 1. The Bertz CT molecular complexity index is 161. The summed E-state index contributed by atoms with van der Waals surface area (Å²) in [5.41, 5.74) is 0. The molecule has 13 heavy (non-hydrogen) atoms. The van der Waals surface area contributed by atoms with Gasteiger partial charge in [-0.1, -0.05) is 34.6 Å². The number of hydrogen-bond donors (Lipinski definition) is 1. The van der Waals surface area contributed by atoms with Crippen LogP contribution in [0, 0.1) is 5.92 Å². The van der Waals surface area contributed by atoms with Crippen molar-refractivity contribution in [2.75, 3.05) is 0 Å². The van der Waals surface area contributed by atoms with E-state index in [9.17, 15) is 0 Å². The summed E-state index contributed by atoms with van der Waals surface area (Å²) in [6.45, 7) is 12.7. The first-order valence-electron chi connectivity index (χ1n) is 5.46. The van der Waals surface area contributed by atoms with E-state index in [4.69, 9.17) is 0 Å². The topological polar surface area (TPSA) is 24.4 Å². The maximum atomic E-state index is 4.55. The van der Waals surface area contributed by atoms with E-state index in [0.717, 1.165) is 5.84 Å². The third kappa shape index (κ3) is 3.37. The Morgan fingerprint density at radius 1 is 1.38 bits per heavy atom. The molecule has 0 saturated carbocycles. The van der Waals surface area contributed by atoms with Gasteiger partial charge in [0, 0.05) is 6.04 Å². The summed E-state index contributed by atoms with van der Waals surface area (Å²) in [5.74, 6) is 1.76. The highest BCUT2D eigenvalue weighted by atomic mass is 15.1. The molecule has 78 valence electrons. The Kier molecular flexibility index (Phi) is 5.76. The minimum Gasteiger partial charge on any atom is -0.369 e. The van der Waals surface area contributed by atoms with Crippen molar-refractivity contribution in [2.24, 2.45) is 10.9 Å². The molecule has 1 heterocycles. The first-order valence-corrected chi connectivity index (χ1v) is 5.46. The van der Waals surface area contributed by atoms with Crippen molar-refractivity contribution in [3.8, 4) is 0 Å². The van der Waals surface area contributed by atoms with Gasteiger partial charge in [-0.3, -0.25) is 4.99 Å². The van der Waals surface area contributed by atoms with E-state index in [2.05, 4.69) is 31.1 Å². The second kappa shape index (κ2) is 6.01. The third-order valence-corrected chi connectivity index (χ3v) is 2.27. The van der Waals surface area contributed by atoms with Crippen LogP contribution in [0.25, 0.3) is 0 Å². The molecule has 0 aliphatic carbocycles. The lowest BCUT2D eigenvalue weighted by molar-refractivity contribution is 0.411. The molecule has 2 heteroatoms. The Morgan fingerprint density at radius 2 is 1.92 bits per heavy atom. The van der Waals surface area contributed by atoms with Crippen LogP contribution >= 0.6 is 0 Å². The molecule has 0 fully saturated rings. The van der Waals surface area contributed by atoms with Crippen LogP contribution in [0.1, 0.15) is 48.0 Å². The summed E-state index contributed by atoms with van der Waals surface area (Å²) in [7, 11) is 0. The second-order valence-corrected chi connectivity index (χ2v) is 3.61. The molecule has 0 aromatic rings. The molecule has 1 aliphatic heterocycles. The molecule has 0 saturated heterocycles. The number of rotatable bonds is 2. The maximum Gasteiger partial charge on any atom is 0.0939 e. The first-order chi connectivity index (χ1) is 6.15. The molecule has 0 amide bonds. The van der Waals surface area contributed by atoms with Gasteiger partial charge in [-0.2, -0.15) is 0 Å². The Labute approximate surface area is 82.8 Å². The molecular weight excluding hydrogens is 160 g/mol.